The first-order chi connectivity index (χ1) is 10.1. The molecule has 2 heterocycles. The van der Waals surface area contributed by atoms with Crippen molar-refractivity contribution in [2.24, 2.45) is 5.73 Å². The first kappa shape index (κ1) is 14.7. The Hall–Kier alpha value is -1.23. The van der Waals surface area contributed by atoms with E-state index in [1.54, 1.807) is 11.3 Å². The molecule has 1 aromatic heterocycles. The lowest BCUT2D eigenvalue weighted by molar-refractivity contribution is 0.304. The molecular formula is C17H23N3S. The molecule has 0 spiro atoms. The third-order valence-corrected chi connectivity index (χ3v) is 5.25. The van der Waals surface area contributed by atoms with E-state index < -0.39 is 0 Å². The molecule has 1 saturated heterocycles. The van der Waals surface area contributed by atoms with Crippen LogP contribution in [0.2, 0.25) is 0 Å². The third kappa shape index (κ3) is 3.18. The second-order valence-electron chi connectivity index (χ2n) is 6.33. The summed E-state index contributed by atoms with van der Waals surface area (Å²) < 4.78 is 0. The summed E-state index contributed by atoms with van der Waals surface area (Å²) in [5.74, 6) is 0.473. The van der Waals surface area contributed by atoms with E-state index in [-0.39, 0.29) is 5.54 Å². The minimum Gasteiger partial charge on any atom is -0.318 e. The Morgan fingerprint density at radius 2 is 2.10 bits per heavy atom. The molecule has 0 amide bonds. The molecule has 3 rings (SSSR count). The number of aromatic nitrogens is 1. The molecule has 2 N–H and O–H groups in total. The largest absolute Gasteiger partial charge is 0.318 e. The zero-order valence-corrected chi connectivity index (χ0v) is 13.6. The molecule has 112 valence electrons. The predicted octanol–water partition coefficient (Wildman–Crippen LogP) is 3.33. The highest BCUT2D eigenvalue weighted by Crippen LogP contribution is 2.33. The smallest absolute Gasteiger partial charge is 0.114 e. The van der Waals surface area contributed by atoms with Gasteiger partial charge in [-0.3, -0.25) is 4.90 Å². The highest BCUT2D eigenvalue weighted by atomic mass is 32.1. The van der Waals surface area contributed by atoms with Crippen LogP contribution < -0.4 is 5.73 Å². The Balaban J connectivity index is 1.69. The number of nitrogens with two attached hydrogens (primary N) is 1. The SMILES string of the molecule is CC(C)c1csc(C2(N)CCN(Cc3ccccc3)C2)n1. The number of hydrogen-bond acceptors (Lipinski definition) is 4. The van der Waals surface area contributed by atoms with Crippen LogP contribution in [-0.4, -0.2) is 23.0 Å². The van der Waals surface area contributed by atoms with Crippen molar-refractivity contribution >= 4 is 11.3 Å². The van der Waals surface area contributed by atoms with E-state index in [9.17, 15) is 0 Å². The number of nitrogens with zero attached hydrogens (tertiary/aromatic N) is 2. The summed E-state index contributed by atoms with van der Waals surface area (Å²) in [7, 11) is 0. The van der Waals surface area contributed by atoms with Crippen molar-refractivity contribution in [3.63, 3.8) is 0 Å². The van der Waals surface area contributed by atoms with Gasteiger partial charge >= 0.3 is 0 Å². The van der Waals surface area contributed by atoms with Gasteiger partial charge in [0.2, 0.25) is 0 Å². The van der Waals surface area contributed by atoms with E-state index >= 15 is 0 Å². The molecule has 1 atom stereocenters. The molecule has 1 fully saturated rings. The van der Waals surface area contributed by atoms with Crippen LogP contribution in [0.1, 0.15) is 42.5 Å². The standard InChI is InChI=1S/C17H23N3S/c1-13(2)15-11-21-16(19-15)17(18)8-9-20(12-17)10-14-6-4-3-5-7-14/h3-7,11,13H,8-10,12,18H2,1-2H3. The average molecular weight is 301 g/mol. The van der Waals surface area contributed by atoms with Crippen molar-refractivity contribution in [1.29, 1.82) is 0 Å². The normalized spacial score (nSPS) is 23.0. The number of hydrogen-bond donors (Lipinski definition) is 1. The van der Waals surface area contributed by atoms with E-state index in [0.29, 0.717) is 5.92 Å². The van der Waals surface area contributed by atoms with Gasteiger partial charge in [-0.05, 0) is 17.9 Å². The minimum absolute atomic E-state index is 0.271. The zero-order chi connectivity index (χ0) is 14.9. The Morgan fingerprint density at radius 1 is 1.33 bits per heavy atom. The molecule has 1 aliphatic rings. The van der Waals surface area contributed by atoms with E-state index in [4.69, 9.17) is 10.7 Å². The maximum absolute atomic E-state index is 6.64. The van der Waals surface area contributed by atoms with Crippen molar-refractivity contribution in [2.45, 2.75) is 38.3 Å². The van der Waals surface area contributed by atoms with Gasteiger partial charge in [0.15, 0.2) is 0 Å². The van der Waals surface area contributed by atoms with Crippen LogP contribution in [0.4, 0.5) is 0 Å². The van der Waals surface area contributed by atoms with Crippen LogP contribution in [0.15, 0.2) is 35.7 Å². The fourth-order valence-corrected chi connectivity index (χ4v) is 3.96. The predicted molar refractivity (Wildman–Crippen MR) is 88.4 cm³/mol. The Labute approximate surface area is 130 Å². The summed E-state index contributed by atoms with van der Waals surface area (Å²) in [6.45, 7) is 7.27. The second-order valence-corrected chi connectivity index (χ2v) is 7.19. The molecule has 0 bridgehead atoms. The molecule has 3 nitrogen and oxygen atoms in total. The van der Waals surface area contributed by atoms with Gasteiger partial charge in [-0.25, -0.2) is 4.98 Å². The van der Waals surface area contributed by atoms with Gasteiger partial charge < -0.3 is 5.73 Å². The van der Waals surface area contributed by atoms with Gasteiger partial charge in [-0.2, -0.15) is 0 Å². The average Bonchev–Trinajstić information content (AvgIpc) is 3.08. The first-order valence-corrected chi connectivity index (χ1v) is 8.46. The number of rotatable bonds is 4. The lowest BCUT2D eigenvalue weighted by Gasteiger charge is -2.22. The summed E-state index contributed by atoms with van der Waals surface area (Å²) in [5.41, 5.74) is 8.89. The van der Waals surface area contributed by atoms with Gasteiger partial charge in [-0.15, -0.1) is 11.3 Å². The maximum Gasteiger partial charge on any atom is 0.114 e. The summed E-state index contributed by atoms with van der Waals surface area (Å²) in [6, 6.07) is 10.6. The molecule has 21 heavy (non-hydrogen) atoms. The molecule has 1 unspecified atom stereocenters. The van der Waals surface area contributed by atoms with Gasteiger partial charge in [0, 0.05) is 25.0 Å². The van der Waals surface area contributed by atoms with Crippen LogP contribution in [0.25, 0.3) is 0 Å². The van der Waals surface area contributed by atoms with Gasteiger partial charge in [0.1, 0.15) is 5.01 Å². The first-order valence-electron chi connectivity index (χ1n) is 7.58. The maximum atomic E-state index is 6.64. The highest BCUT2D eigenvalue weighted by Gasteiger charge is 2.38. The molecule has 1 aromatic carbocycles. The van der Waals surface area contributed by atoms with Crippen LogP contribution in [0, 0.1) is 0 Å². The van der Waals surface area contributed by atoms with E-state index in [0.717, 1.165) is 31.1 Å². The number of benzene rings is 1. The van der Waals surface area contributed by atoms with Crippen molar-refractivity contribution < 1.29 is 0 Å². The van der Waals surface area contributed by atoms with Crippen LogP contribution >= 0.6 is 11.3 Å². The fourth-order valence-electron chi connectivity index (χ4n) is 2.85. The fraction of sp³-hybridized carbons (Fsp3) is 0.471. The second kappa shape index (κ2) is 5.87. The molecule has 0 radical (unpaired) electrons. The summed E-state index contributed by atoms with van der Waals surface area (Å²) in [4.78, 5) is 7.21. The van der Waals surface area contributed by atoms with Crippen molar-refractivity contribution in [3.05, 3.63) is 52.0 Å². The van der Waals surface area contributed by atoms with Crippen molar-refractivity contribution in [2.75, 3.05) is 13.1 Å². The van der Waals surface area contributed by atoms with E-state index in [1.807, 2.05) is 0 Å². The Morgan fingerprint density at radius 3 is 2.76 bits per heavy atom. The summed E-state index contributed by atoms with van der Waals surface area (Å²) in [5, 5.41) is 3.26. The Kier molecular flexibility index (Phi) is 4.11. The van der Waals surface area contributed by atoms with E-state index in [1.165, 1.54) is 11.3 Å². The topological polar surface area (TPSA) is 42.1 Å². The van der Waals surface area contributed by atoms with Crippen molar-refractivity contribution in [3.8, 4) is 0 Å². The molecule has 4 heteroatoms. The molecule has 1 aliphatic heterocycles. The zero-order valence-electron chi connectivity index (χ0n) is 12.7. The van der Waals surface area contributed by atoms with Crippen LogP contribution in [0.5, 0.6) is 0 Å². The Bertz CT molecular complexity index is 593. The van der Waals surface area contributed by atoms with Crippen molar-refractivity contribution in [1.82, 2.24) is 9.88 Å². The molecule has 0 aliphatic carbocycles. The number of likely N-dealkylation sites (tertiary alicyclic amines) is 1. The molecular weight excluding hydrogens is 278 g/mol. The highest BCUT2D eigenvalue weighted by molar-refractivity contribution is 7.09. The van der Waals surface area contributed by atoms with Gasteiger partial charge in [0.05, 0.1) is 11.2 Å². The summed E-state index contributed by atoms with van der Waals surface area (Å²) >= 11 is 1.72. The lowest BCUT2D eigenvalue weighted by atomic mass is 10.0. The van der Waals surface area contributed by atoms with E-state index in [2.05, 4.69) is 54.5 Å². The van der Waals surface area contributed by atoms with Crippen LogP contribution in [0.3, 0.4) is 0 Å². The van der Waals surface area contributed by atoms with Gasteiger partial charge in [0.25, 0.3) is 0 Å². The van der Waals surface area contributed by atoms with Gasteiger partial charge in [-0.1, -0.05) is 44.2 Å². The minimum atomic E-state index is -0.271. The summed E-state index contributed by atoms with van der Waals surface area (Å²) in [6.07, 6.45) is 0.991. The lowest BCUT2D eigenvalue weighted by Crippen LogP contribution is -2.39. The number of thiazole rings is 1. The monoisotopic (exact) mass is 301 g/mol. The third-order valence-electron chi connectivity index (χ3n) is 4.17. The quantitative estimate of drug-likeness (QED) is 0.942. The molecule has 0 saturated carbocycles. The van der Waals surface area contributed by atoms with Crippen LogP contribution in [-0.2, 0) is 12.1 Å². The molecule has 2 aromatic rings.